The fourth-order valence-electron chi connectivity index (χ4n) is 3.64. The highest BCUT2D eigenvalue weighted by Gasteiger charge is 2.36. The van der Waals surface area contributed by atoms with E-state index in [2.05, 4.69) is 10.6 Å². The Balaban J connectivity index is 1.42. The molecule has 7 nitrogen and oxygen atoms in total. The van der Waals surface area contributed by atoms with Crippen molar-refractivity contribution in [1.82, 2.24) is 10.6 Å². The number of hydrogen-bond donors (Lipinski definition) is 2. The van der Waals surface area contributed by atoms with Crippen LogP contribution in [0.2, 0.25) is 0 Å². The minimum absolute atomic E-state index is 0.214. The van der Waals surface area contributed by atoms with Gasteiger partial charge in [0, 0.05) is 19.2 Å². The average molecular weight is 473 g/mol. The zero-order valence-corrected chi connectivity index (χ0v) is 19.7. The number of carbonyl (C=O) groups is 2. The largest absolute Gasteiger partial charge is 0.489 e. The summed E-state index contributed by atoms with van der Waals surface area (Å²) in [5.41, 5.74) is 1.77. The predicted molar refractivity (Wildman–Crippen MR) is 126 cm³/mol. The van der Waals surface area contributed by atoms with E-state index in [0.717, 1.165) is 24.0 Å². The Labute approximate surface area is 200 Å². The fraction of sp³-hybridized carbons (Fsp3) is 0.462. The second-order valence-electron chi connectivity index (χ2n) is 8.52. The molecule has 0 radical (unpaired) electrons. The topological polar surface area (TPSA) is 85.9 Å². The maximum absolute atomic E-state index is 13.9. The Kier molecular flexibility index (Phi) is 9.70. The summed E-state index contributed by atoms with van der Waals surface area (Å²) in [4.78, 5) is 23.8. The highest BCUT2D eigenvalue weighted by molar-refractivity contribution is 5.76. The molecule has 0 aromatic heterocycles. The van der Waals surface area contributed by atoms with Gasteiger partial charge in [0.25, 0.3) is 0 Å². The Morgan fingerprint density at radius 3 is 2.62 bits per heavy atom. The molecule has 2 aromatic rings. The van der Waals surface area contributed by atoms with Gasteiger partial charge < -0.3 is 24.8 Å². The number of methoxy groups -OCH3 is 1. The number of nitrogens with one attached hydrogen (secondary N) is 2. The van der Waals surface area contributed by atoms with Crippen molar-refractivity contribution in [3.8, 4) is 5.75 Å². The number of alkyl carbamates (subject to hydrolysis) is 1. The van der Waals surface area contributed by atoms with Crippen LogP contribution in [0.1, 0.15) is 37.3 Å². The number of carbonyl (C=O) groups excluding carboxylic acids is 2. The van der Waals surface area contributed by atoms with Crippen molar-refractivity contribution in [1.29, 1.82) is 0 Å². The van der Waals surface area contributed by atoms with Gasteiger partial charge in [0.15, 0.2) is 0 Å². The molecule has 2 aromatic carbocycles. The van der Waals surface area contributed by atoms with Gasteiger partial charge in [0.1, 0.15) is 30.3 Å². The van der Waals surface area contributed by atoms with Crippen molar-refractivity contribution in [2.75, 3.05) is 20.2 Å². The normalized spacial score (nSPS) is 14.7. The average Bonchev–Trinajstić information content (AvgIpc) is 3.67. The maximum atomic E-state index is 13.9. The monoisotopic (exact) mass is 472 g/mol. The first-order chi connectivity index (χ1) is 16.5. The van der Waals surface area contributed by atoms with Gasteiger partial charge in [-0.3, -0.25) is 4.79 Å². The molecular formula is C26H33FN2O5. The molecule has 184 valence electrons. The molecule has 0 saturated heterocycles. The summed E-state index contributed by atoms with van der Waals surface area (Å²) < 4.78 is 29.9. The third kappa shape index (κ3) is 8.33. The van der Waals surface area contributed by atoms with Crippen LogP contribution in [0.4, 0.5) is 9.18 Å². The van der Waals surface area contributed by atoms with Gasteiger partial charge in [-0.2, -0.15) is 0 Å². The predicted octanol–water partition coefficient (Wildman–Crippen LogP) is 3.99. The standard InChI is InChI=1S/C26H33FN2O5/c1-18(16-29-24(21-10-11-21)25(30)32-2)34-23-15-22(27)13-12-20(23)9-6-14-28-26(31)33-17-19-7-4-3-5-8-19/h3-5,7-8,12-13,15,18,21,24,29H,6,9-11,14,16-17H2,1-2H3,(H,28,31)/t18-,24+/m1/s1. The first kappa shape index (κ1) is 25.5. The van der Waals surface area contributed by atoms with Crippen LogP contribution in [-0.4, -0.2) is 44.4 Å². The van der Waals surface area contributed by atoms with Crippen LogP contribution >= 0.6 is 0 Å². The van der Waals surface area contributed by atoms with E-state index >= 15 is 0 Å². The van der Waals surface area contributed by atoms with Crippen LogP contribution in [0.3, 0.4) is 0 Å². The van der Waals surface area contributed by atoms with E-state index in [1.165, 1.54) is 19.2 Å². The van der Waals surface area contributed by atoms with E-state index in [1.807, 2.05) is 37.3 Å². The summed E-state index contributed by atoms with van der Waals surface area (Å²) in [6, 6.07) is 13.6. The molecule has 1 saturated carbocycles. The van der Waals surface area contributed by atoms with E-state index in [4.69, 9.17) is 14.2 Å². The molecule has 0 bridgehead atoms. The summed E-state index contributed by atoms with van der Waals surface area (Å²) in [7, 11) is 1.39. The van der Waals surface area contributed by atoms with Gasteiger partial charge in [-0.05, 0) is 55.7 Å². The fourth-order valence-corrected chi connectivity index (χ4v) is 3.64. The van der Waals surface area contributed by atoms with Crippen molar-refractivity contribution >= 4 is 12.1 Å². The molecule has 2 N–H and O–H groups in total. The van der Waals surface area contributed by atoms with Crippen LogP contribution in [0.25, 0.3) is 0 Å². The van der Waals surface area contributed by atoms with Crippen LogP contribution in [0, 0.1) is 11.7 Å². The molecular weight excluding hydrogens is 439 g/mol. The highest BCUT2D eigenvalue weighted by Crippen LogP contribution is 2.33. The van der Waals surface area contributed by atoms with Crippen LogP contribution in [0.5, 0.6) is 5.75 Å². The lowest BCUT2D eigenvalue weighted by atomic mass is 10.1. The van der Waals surface area contributed by atoms with Crippen LogP contribution in [-0.2, 0) is 27.3 Å². The molecule has 0 unspecified atom stereocenters. The lowest BCUT2D eigenvalue weighted by Crippen LogP contribution is -2.43. The minimum atomic E-state index is -0.477. The SMILES string of the molecule is COC(=O)[C@@H](NC[C@@H](C)Oc1cc(F)ccc1CCCNC(=O)OCc1ccccc1)C1CC1. The quantitative estimate of drug-likeness (QED) is 0.339. The third-order valence-electron chi connectivity index (χ3n) is 5.64. The summed E-state index contributed by atoms with van der Waals surface area (Å²) >= 11 is 0. The van der Waals surface area contributed by atoms with E-state index in [-0.39, 0.29) is 30.5 Å². The first-order valence-corrected chi connectivity index (χ1v) is 11.7. The van der Waals surface area contributed by atoms with Crippen LogP contribution < -0.4 is 15.4 Å². The van der Waals surface area contributed by atoms with Crippen molar-refractivity contribution in [3.05, 3.63) is 65.5 Å². The van der Waals surface area contributed by atoms with Crippen LogP contribution in [0.15, 0.2) is 48.5 Å². The number of esters is 1. The van der Waals surface area contributed by atoms with Crippen molar-refractivity contribution < 1.29 is 28.2 Å². The molecule has 1 aliphatic carbocycles. The Hall–Kier alpha value is -3.13. The number of halogens is 1. The second-order valence-corrected chi connectivity index (χ2v) is 8.52. The lowest BCUT2D eigenvalue weighted by Gasteiger charge is -2.21. The first-order valence-electron chi connectivity index (χ1n) is 11.7. The number of benzene rings is 2. The molecule has 8 heteroatoms. The molecule has 3 rings (SSSR count). The summed E-state index contributed by atoms with van der Waals surface area (Å²) in [5.74, 6) is 0.112. The van der Waals surface area contributed by atoms with Crippen molar-refractivity contribution in [3.63, 3.8) is 0 Å². The highest BCUT2D eigenvalue weighted by atomic mass is 19.1. The number of amides is 1. The Morgan fingerprint density at radius 2 is 1.91 bits per heavy atom. The second kappa shape index (κ2) is 12.9. The third-order valence-corrected chi connectivity index (χ3v) is 5.64. The van der Waals surface area contributed by atoms with Gasteiger partial charge in [-0.25, -0.2) is 9.18 Å². The van der Waals surface area contributed by atoms with E-state index in [9.17, 15) is 14.0 Å². The molecule has 1 aliphatic rings. The number of hydrogen-bond acceptors (Lipinski definition) is 6. The zero-order valence-electron chi connectivity index (χ0n) is 19.7. The van der Waals surface area contributed by atoms with Gasteiger partial charge in [-0.1, -0.05) is 36.4 Å². The van der Waals surface area contributed by atoms with Gasteiger partial charge in [0.2, 0.25) is 0 Å². The number of rotatable bonds is 13. The molecule has 2 atom stereocenters. The number of aryl methyl sites for hydroxylation is 1. The van der Waals surface area contributed by atoms with Gasteiger partial charge in [-0.15, -0.1) is 0 Å². The van der Waals surface area contributed by atoms with E-state index in [1.54, 1.807) is 6.07 Å². The maximum Gasteiger partial charge on any atom is 0.407 e. The summed E-state index contributed by atoms with van der Waals surface area (Å²) in [6.45, 7) is 2.93. The Bertz CT molecular complexity index is 936. The summed E-state index contributed by atoms with van der Waals surface area (Å²) in [5, 5.41) is 5.95. The molecule has 0 aliphatic heterocycles. The zero-order chi connectivity index (χ0) is 24.3. The lowest BCUT2D eigenvalue weighted by molar-refractivity contribution is -0.143. The molecule has 1 fully saturated rings. The molecule has 1 amide bonds. The molecule has 0 heterocycles. The van der Waals surface area contributed by atoms with Crippen molar-refractivity contribution in [2.24, 2.45) is 5.92 Å². The minimum Gasteiger partial charge on any atom is -0.489 e. The van der Waals surface area contributed by atoms with E-state index < -0.39 is 6.09 Å². The van der Waals surface area contributed by atoms with E-state index in [0.29, 0.717) is 37.6 Å². The van der Waals surface area contributed by atoms with Crippen molar-refractivity contribution in [2.45, 2.75) is 51.4 Å². The Morgan fingerprint density at radius 1 is 1.15 bits per heavy atom. The smallest absolute Gasteiger partial charge is 0.407 e. The number of ether oxygens (including phenoxy) is 3. The molecule has 0 spiro atoms. The van der Waals surface area contributed by atoms with Gasteiger partial charge in [0.05, 0.1) is 7.11 Å². The molecule has 34 heavy (non-hydrogen) atoms. The van der Waals surface area contributed by atoms with Gasteiger partial charge >= 0.3 is 12.1 Å². The summed E-state index contributed by atoms with van der Waals surface area (Å²) in [6.07, 6.45) is 2.49.